The molecule has 0 fully saturated rings. The quantitative estimate of drug-likeness (QED) is 0.842. The summed E-state index contributed by atoms with van der Waals surface area (Å²) in [5, 5.41) is 4.24. The number of hydrogen-bond donors (Lipinski definition) is 1. The Morgan fingerprint density at radius 1 is 1.20 bits per heavy atom. The lowest BCUT2D eigenvalue weighted by atomic mass is 10.3. The third-order valence-electron chi connectivity index (χ3n) is 1.85. The molecule has 0 aromatic heterocycles. The second kappa shape index (κ2) is 6.09. The zero-order chi connectivity index (χ0) is 11.3. The molecule has 15 heavy (non-hydrogen) atoms. The molecule has 0 bridgehead atoms. The fourth-order valence-electron chi connectivity index (χ4n) is 1.19. The van der Waals surface area contributed by atoms with Crippen LogP contribution in [0.1, 0.15) is 20.3 Å². The van der Waals surface area contributed by atoms with E-state index in [2.05, 4.69) is 12.2 Å². The molecule has 1 N–H and O–H groups in total. The highest BCUT2D eigenvalue weighted by molar-refractivity contribution is 6.42. The highest BCUT2D eigenvalue weighted by Gasteiger charge is 2.07. The van der Waals surface area contributed by atoms with Gasteiger partial charge < -0.3 is 10.1 Å². The molecule has 1 aromatic carbocycles. The zero-order valence-corrected chi connectivity index (χ0v) is 10.5. The molecule has 0 aliphatic heterocycles. The van der Waals surface area contributed by atoms with Gasteiger partial charge in [-0.05, 0) is 19.4 Å². The van der Waals surface area contributed by atoms with Crippen LogP contribution in [0.15, 0.2) is 12.1 Å². The maximum atomic E-state index is 5.93. The van der Waals surface area contributed by atoms with Gasteiger partial charge >= 0.3 is 0 Å². The van der Waals surface area contributed by atoms with Gasteiger partial charge in [0, 0.05) is 12.6 Å². The first kappa shape index (κ1) is 12.5. The van der Waals surface area contributed by atoms with Crippen molar-refractivity contribution < 1.29 is 4.74 Å². The van der Waals surface area contributed by atoms with Crippen LogP contribution in [0.25, 0.3) is 0 Å². The first-order chi connectivity index (χ1) is 7.19. The molecule has 0 aliphatic rings. The minimum atomic E-state index is 0.518. The van der Waals surface area contributed by atoms with Crippen molar-refractivity contribution in [2.75, 3.05) is 18.5 Å². The van der Waals surface area contributed by atoms with Crippen molar-refractivity contribution in [2.24, 2.45) is 0 Å². The normalized spacial score (nSPS) is 10.1. The van der Waals surface area contributed by atoms with Gasteiger partial charge in [-0.3, -0.25) is 0 Å². The summed E-state index contributed by atoms with van der Waals surface area (Å²) in [7, 11) is 0. The van der Waals surface area contributed by atoms with Crippen molar-refractivity contribution >= 4 is 28.9 Å². The van der Waals surface area contributed by atoms with E-state index in [1.165, 1.54) is 0 Å². The lowest BCUT2D eigenvalue weighted by Crippen LogP contribution is -2.02. The molecule has 0 saturated carbocycles. The monoisotopic (exact) mass is 247 g/mol. The average Bonchev–Trinajstić information content (AvgIpc) is 2.21. The summed E-state index contributed by atoms with van der Waals surface area (Å²) >= 11 is 11.9. The summed E-state index contributed by atoms with van der Waals surface area (Å²) in [6.45, 7) is 5.58. The third kappa shape index (κ3) is 3.47. The number of nitrogens with one attached hydrogen (secondary N) is 1. The van der Waals surface area contributed by atoms with Crippen LogP contribution in [0.2, 0.25) is 10.0 Å². The van der Waals surface area contributed by atoms with Gasteiger partial charge in [-0.15, -0.1) is 0 Å². The molecule has 84 valence electrons. The second-order valence-electron chi connectivity index (χ2n) is 3.14. The Labute approximate surface area is 101 Å². The molecule has 1 rings (SSSR count). The van der Waals surface area contributed by atoms with E-state index in [1.807, 2.05) is 6.92 Å². The van der Waals surface area contributed by atoms with Gasteiger partial charge in [0.25, 0.3) is 0 Å². The largest absolute Gasteiger partial charge is 0.491 e. The maximum Gasteiger partial charge on any atom is 0.143 e. The van der Waals surface area contributed by atoms with Gasteiger partial charge in [-0.2, -0.15) is 0 Å². The zero-order valence-electron chi connectivity index (χ0n) is 8.94. The van der Waals surface area contributed by atoms with Crippen LogP contribution in [0, 0.1) is 0 Å². The number of hydrogen-bond acceptors (Lipinski definition) is 2. The van der Waals surface area contributed by atoms with Crippen LogP contribution in [0.5, 0.6) is 5.75 Å². The Kier molecular flexibility index (Phi) is 5.06. The summed E-state index contributed by atoms with van der Waals surface area (Å²) in [5.74, 6) is 0.758. The van der Waals surface area contributed by atoms with E-state index >= 15 is 0 Å². The smallest absolute Gasteiger partial charge is 0.143 e. The van der Waals surface area contributed by atoms with Crippen LogP contribution in [-0.2, 0) is 0 Å². The Morgan fingerprint density at radius 2 is 1.87 bits per heavy atom. The molecule has 0 aliphatic carbocycles. The Bertz CT molecular complexity index is 329. The SMILES string of the molecule is CCCOc1cc(Cl)c(Cl)cc1NCC. The Hall–Kier alpha value is -0.600. The van der Waals surface area contributed by atoms with Crippen LogP contribution in [0.4, 0.5) is 5.69 Å². The molecule has 1 aromatic rings. The average molecular weight is 248 g/mol. The predicted octanol–water partition coefficient (Wildman–Crippen LogP) is 4.21. The Balaban J connectivity index is 2.93. The van der Waals surface area contributed by atoms with E-state index in [0.29, 0.717) is 16.7 Å². The van der Waals surface area contributed by atoms with Crippen molar-refractivity contribution in [2.45, 2.75) is 20.3 Å². The summed E-state index contributed by atoms with van der Waals surface area (Å²) in [5.41, 5.74) is 0.889. The topological polar surface area (TPSA) is 21.3 Å². The van der Waals surface area contributed by atoms with Crippen LogP contribution in [0.3, 0.4) is 0 Å². The molecular weight excluding hydrogens is 233 g/mol. The van der Waals surface area contributed by atoms with Crippen LogP contribution >= 0.6 is 23.2 Å². The first-order valence-corrected chi connectivity index (χ1v) is 5.80. The van der Waals surface area contributed by atoms with Gasteiger partial charge in [0.2, 0.25) is 0 Å². The summed E-state index contributed by atoms with van der Waals surface area (Å²) in [4.78, 5) is 0. The lowest BCUT2D eigenvalue weighted by Gasteiger charge is -2.13. The van der Waals surface area contributed by atoms with Crippen molar-refractivity contribution in [1.29, 1.82) is 0 Å². The van der Waals surface area contributed by atoms with Crippen LogP contribution < -0.4 is 10.1 Å². The number of benzene rings is 1. The molecule has 0 heterocycles. The molecule has 0 radical (unpaired) electrons. The highest BCUT2D eigenvalue weighted by atomic mass is 35.5. The van der Waals surface area contributed by atoms with Crippen LogP contribution in [-0.4, -0.2) is 13.2 Å². The standard InChI is InChI=1S/C11H15Cl2NO/c1-3-5-15-11-7-9(13)8(12)6-10(11)14-4-2/h6-7,14H,3-5H2,1-2H3. The first-order valence-electron chi connectivity index (χ1n) is 5.04. The molecule has 0 spiro atoms. The minimum Gasteiger partial charge on any atom is -0.491 e. The lowest BCUT2D eigenvalue weighted by molar-refractivity contribution is 0.319. The Morgan fingerprint density at radius 3 is 2.47 bits per heavy atom. The summed E-state index contributed by atoms with van der Waals surface area (Å²) in [6.07, 6.45) is 0.964. The minimum absolute atomic E-state index is 0.518. The van der Waals surface area contributed by atoms with Crippen molar-refractivity contribution in [3.05, 3.63) is 22.2 Å². The molecule has 0 atom stereocenters. The number of ether oxygens (including phenoxy) is 1. The number of anilines is 1. The van der Waals surface area contributed by atoms with E-state index in [0.717, 1.165) is 24.4 Å². The summed E-state index contributed by atoms with van der Waals surface area (Å²) < 4.78 is 5.57. The van der Waals surface area contributed by atoms with E-state index in [9.17, 15) is 0 Å². The number of rotatable bonds is 5. The second-order valence-corrected chi connectivity index (χ2v) is 3.96. The molecule has 0 saturated heterocycles. The van der Waals surface area contributed by atoms with E-state index < -0.39 is 0 Å². The molecule has 2 nitrogen and oxygen atoms in total. The van der Waals surface area contributed by atoms with Crippen molar-refractivity contribution in [3.8, 4) is 5.75 Å². The molecule has 0 amide bonds. The predicted molar refractivity (Wildman–Crippen MR) is 66.4 cm³/mol. The fourth-order valence-corrected chi connectivity index (χ4v) is 1.51. The van der Waals surface area contributed by atoms with Gasteiger partial charge in [-0.1, -0.05) is 30.1 Å². The summed E-state index contributed by atoms with van der Waals surface area (Å²) in [6, 6.07) is 3.54. The molecule has 4 heteroatoms. The van der Waals surface area contributed by atoms with Crippen molar-refractivity contribution in [3.63, 3.8) is 0 Å². The van der Waals surface area contributed by atoms with E-state index in [4.69, 9.17) is 27.9 Å². The highest BCUT2D eigenvalue weighted by Crippen LogP contribution is 2.34. The molecule has 0 unspecified atom stereocenters. The van der Waals surface area contributed by atoms with E-state index in [-0.39, 0.29) is 0 Å². The molecular formula is C11H15Cl2NO. The van der Waals surface area contributed by atoms with Gasteiger partial charge in [0.15, 0.2) is 0 Å². The third-order valence-corrected chi connectivity index (χ3v) is 2.57. The fraction of sp³-hybridized carbons (Fsp3) is 0.455. The van der Waals surface area contributed by atoms with E-state index in [1.54, 1.807) is 12.1 Å². The maximum absolute atomic E-state index is 5.93. The van der Waals surface area contributed by atoms with Gasteiger partial charge in [-0.25, -0.2) is 0 Å². The van der Waals surface area contributed by atoms with Gasteiger partial charge in [0.1, 0.15) is 5.75 Å². The van der Waals surface area contributed by atoms with Gasteiger partial charge in [0.05, 0.1) is 22.3 Å². The van der Waals surface area contributed by atoms with Crippen molar-refractivity contribution in [1.82, 2.24) is 0 Å². The number of halogens is 2.